The Morgan fingerprint density at radius 3 is 1.88 bits per heavy atom. The van der Waals surface area contributed by atoms with Crippen LogP contribution in [-0.4, -0.2) is 66.4 Å². The van der Waals surface area contributed by atoms with Crippen molar-refractivity contribution in [2.24, 2.45) is 0 Å². The summed E-state index contributed by atoms with van der Waals surface area (Å²) in [4.78, 5) is 10.5. The summed E-state index contributed by atoms with van der Waals surface area (Å²) in [5, 5.41) is 0. The molecule has 1 saturated heterocycles. The number of rotatable bonds is 7. The zero-order chi connectivity index (χ0) is 19.6. The Labute approximate surface area is 156 Å². The molecular formula is C19H32O7. The maximum atomic E-state index is 10.5. The highest BCUT2D eigenvalue weighted by Gasteiger charge is 2.02. The summed E-state index contributed by atoms with van der Waals surface area (Å²) in [6.07, 6.45) is 0.700. The van der Waals surface area contributed by atoms with Crippen LogP contribution >= 0.6 is 0 Å². The smallest absolute Gasteiger partial charge is 0.154 e. The lowest BCUT2D eigenvalue weighted by atomic mass is 10.2. The first-order valence-corrected chi connectivity index (χ1v) is 8.68. The lowest BCUT2D eigenvalue weighted by Gasteiger charge is -2.09. The second-order valence-electron chi connectivity index (χ2n) is 4.93. The van der Waals surface area contributed by atoms with E-state index >= 15 is 0 Å². The third-order valence-corrected chi connectivity index (χ3v) is 3.11. The Hall–Kier alpha value is -1.67. The molecule has 1 aliphatic rings. The van der Waals surface area contributed by atoms with E-state index in [-0.39, 0.29) is 6.29 Å². The van der Waals surface area contributed by atoms with Crippen LogP contribution in [0.3, 0.4) is 0 Å². The van der Waals surface area contributed by atoms with Crippen LogP contribution < -0.4 is 9.47 Å². The molecule has 0 spiro atoms. The topological polar surface area (TPSA) is 72.5 Å². The maximum absolute atomic E-state index is 10.5. The molecule has 0 atom stereocenters. The standard InChI is InChI=1S/C9H10O3.C6H14O2.C4H8O2/c1-11-8-3-4-9(12-2)7(5-8)6-10;1-4-7-6(3)8-5-2;1-2-6-4-3-5-1/h3-6H,1-2H3;6H,4-5H2,1-3H3;1-4H2. The number of hydrogen-bond donors (Lipinski definition) is 0. The molecule has 7 nitrogen and oxygen atoms in total. The highest BCUT2D eigenvalue weighted by Crippen LogP contribution is 2.21. The monoisotopic (exact) mass is 372 g/mol. The molecule has 1 aromatic rings. The second-order valence-corrected chi connectivity index (χ2v) is 4.93. The Bertz CT molecular complexity index is 444. The summed E-state index contributed by atoms with van der Waals surface area (Å²) in [7, 11) is 3.07. The van der Waals surface area contributed by atoms with Gasteiger partial charge in [-0.3, -0.25) is 4.79 Å². The van der Waals surface area contributed by atoms with Crippen LogP contribution in [0.2, 0.25) is 0 Å². The number of aldehydes is 1. The van der Waals surface area contributed by atoms with Gasteiger partial charge in [-0.2, -0.15) is 0 Å². The van der Waals surface area contributed by atoms with Gasteiger partial charge in [0, 0.05) is 13.2 Å². The summed E-state index contributed by atoms with van der Waals surface area (Å²) >= 11 is 0. The van der Waals surface area contributed by atoms with Crippen LogP contribution in [0.5, 0.6) is 11.5 Å². The van der Waals surface area contributed by atoms with Crippen LogP contribution in [0.4, 0.5) is 0 Å². The average Bonchev–Trinajstić information content (AvgIpc) is 2.70. The number of carbonyl (C=O) groups excluding carboxylic acids is 1. The Morgan fingerprint density at radius 1 is 1.00 bits per heavy atom. The molecular weight excluding hydrogens is 340 g/mol. The van der Waals surface area contributed by atoms with Crippen molar-refractivity contribution in [3.8, 4) is 11.5 Å². The van der Waals surface area contributed by atoms with Crippen molar-refractivity contribution < 1.29 is 33.2 Å². The number of methoxy groups -OCH3 is 2. The zero-order valence-electron chi connectivity index (χ0n) is 16.5. The highest BCUT2D eigenvalue weighted by molar-refractivity contribution is 5.80. The molecule has 150 valence electrons. The van der Waals surface area contributed by atoms with Gasteiger partial charge < -0.3 is 28.4 Å². The minimum absolute atomic E-state index is 0.0370. The minimum atomic E-state index is -0.0370. The van der Waals surface area contributed by atoms with Gasteiger partial charge in [-0.25, -0.2) is 0 Å². The van der Waals surface area contributed by atoms with Crippen molar-refractivity contribution in [3.63, 3.8) is 0 Å². The van der Waals surface area contributed by atoms with E-state index in [1.165, 1.54) is 7.11 Å². The Kier molecular flexibility index (Phi) is 15.7. The molecule has 0 aromatic heterocycles. The van der Waals surface area contributed by atoms with Crippen LogP contribution in [0, 0.1) is 0 Å². The van der Waals surface area contributed by atoms with E-state index in [0.29, 0.717) is 17.1 Å². The van der Waals surface area contributed by atoms with Crippen molar-refractivity contribution in [3.05, 3.63) is 23.8 Å². The molecule has 1 aliphatic heterocycles. The van der Waals surface area contributed by atoms with Crippen LogP contribution in [0.25, 0.3) is 0 Å². The number of hydrogen-bond acceptors (Lipinski definition) is 7. The quantitative estimate of drug-likeness (QED) is 0.538. The molecule has 0 bridgehead atoms. The fraction of sp³-hybridized carbons (Fsp3) is 0.632. The number of benzene rings is 1. The lowest BCUT2D eigenvalue weighted by Crippen LogP contribution is -2.16. The molecule has 7 heteroatoms. The molecule has 0 amide bonds. The first-order valence-electron chi connectivity index (χ1n) is 8.68. The van der Waals surface area contributed by atoms with Gasteiger partial charge in [0.25, 0.3) is 0 Å². The summed E-state index contributed by atoms with van der Waals surface area (Å²) < 4.78 is 29.9. The second kappa shape index (κ2) is 16.8. The predicted molar refractivity (Wildman–Crippen MR) is 99.3 cm³/mol. The van der Waals surface area contributed by atoms with E-state index in [2.05, 4.69) is 0 Å². The molecule has 0 unspecified atom stereocenters. The van der Waals surface area contributed by atoms with Crippen molar-refractivity contribution in [2.45, 2.75) is 27.1 Å². The fourth-order valence-corrected chi connectivity index (χ4v) is 1.89. The van der Waals surface area contributed by atoms with Gasteiger partial charge in [0.1, 0.15) is 11.5 Å². The van der Waals surface area contributed by atoms with Crippen molar-refractivity contribution in [1.82, 2.24) is 0 Å². The molecule has 1 fully saturated rings. The van der Waals surface area contributed by atoms with Gasteiger partial charge in [0.05, 0.1) is 46.2 Å². The van der Waals surface area contributed by atoms with Crippen molar-refractivity contribution in [1.29, 1.82) is 0 Å². The fourth-order valence-electron chi connectivity index (χ4n) is 1.89. The van der Waals surface area contributed by atoms with Gasteiger partial charge in [-0.15, -0.1) is 0 Å². The van der Waals surface area contributed by atoms with Crippen LogP contribution in [0.15, 0.2) is 18.2 Å². The predicted octanol–water partition coefficient (Wildman–Crippen LogP) is 2.95. The first-order chi connectivity index (χ1) is 12.6. The number of ether oxygens (including phenoxy) is 6. The highest BCUT2D eigenvalue weighted by atomic mass is 16.7. The van der Waals surface area contributed by atoms with E-state index < -0.39 is 0 Å². The van der Waals surface area contributed by atoms with Gasteiger partial charge in [0.2, 0.25) is 0 Å². The third kappa shape index (κ3) is 11.8. The molecule has 0 N–H and O–H groups in total. The first kappa shape index (κ1) is 24.3. The van der Waals surface area contributed by atoms with E-state index in [9.17, 15) is 4.79 Å². The Morgan fingerprint density at radius 2 is 1.54 bits per heavy atom. The molecule has 0 radical (unpaired) electrons. The summed E-state index contributed by atoms with van der Waals surface area (Å²) in [6, 6.07) is 5.07. The molecule has 26 heavy (non-hydrogen) atoms. The van der Waals surface area contributed by atoms with E-state index in [4.69, 9.17) is 28.4 Å². The van der Waals surface area contributed by atoms with Gasteiger partial charge in [0.15, 0.2) is 12.6 Å². The van der Waals surface area contributed by atoms with Gasteiger partial charge in [-0.05, 0) is 39.0 Å². The third-order valence-electron chi connectivity index (χ3n) is 3.11. The van der Waals surface area contributed by atoms with Gasteiger partial charge in [-0.1, -0.05) is 0 Å². The van der Waals surface area contributed by atoms with Crippen LogP contribution in [-0.2, 0) is 18.9 Å². The maximum Gasteiger partial charge on any atom is 0.154 e. The minimum Gasteiger partial charge on any atom is -0.497 e. The van der Waals surface area contributed by atoms with Gasteiger partial charge >= 0.3 is 0 Å². The average molecular weight is 372 g/mol. The van der Waals surface area contributed by atoms with Crippen molar-refractivity contribution in [2.75, 3.05) is 53.9 Å². The summed E-state index contributed by atoms with van der Waals surface area (Å²) in [6.45, 7) is 10.4. The summed E-state index contributed by atoms with van der Waals surface area (Å²) in [5.74, 6) is 1.21. The lowest BCUT2D eigenvalue weighted by molar-refractivity contribution is -0.123. The van der Waals surface area contributed by atoms with E-state index in [1.807, 2.05) is 20.8 Å². The SMILES string of the molecule is C1COCCO1.CCOC(C)OCC.COc1ccc(OC)c(C=O)c1. The van der Waals surface area contributed by atoms with Crippen molar-refractivity contribution >= 4 is 6.29 Å². The van der Waals surface area contributed by atoms with E-state index in [1.54, 1.807) is 25.3 Å². The zero-order valence-corrected chi connectivity index (χ0v) is 16.5. The largest absolute Gasteiger partial charge is 0.497 e. The number of carbonyl (C=O) groups is 1. The Balaban J connectivity index is 0.000000387. The van der Waals surface area contributed by atoms with E-state index in [0.717, 1.165) is 45.9 Å². The molecule has 0 aliphatic carbocycles. The summed E-state index contributed by atoms with van der Waals surface area (Å²) in [5.41, 5.74) is 0.497. The molecule has 0 saturated carbocycles. The molecule has 1 heterocycles. The molecule has 2 rings (SSSR count). The normalized spacial score (nSPS) is 13.0. The molecule has 1 aromatic carbocycles. The van der Waals surface area contributed by atoms with Crippen LogP contribution in [0.1, 0.15) is 31.1 Å².